The van der Waals surface area contributed by atoms with Crippen molar-refractivity contribution in [3.63, 3.8) is 0 Å². The number of hydrogen-bond acceptors (Lipinski definition) is 2. The Morgan fingerprint density at radius 3 is 2.71 bits per heavy atom. The van der Waals surface area contributed by atoms with Gasteiger partial charge in [-0.15, -0.1) is 0 Å². The van der Waals surface area contributed by atoms with Crippen molar-refractivity contribution in [2.24, 2.45) is 4.99 Å². The molecule has 24 heavy (non-hydrogen) atoms. The maximum atomic E-state index is 12.8. The molecule has 0 radical (unpaired) electrons. The average Bonchev–Trinajstić information content (AvgIpc) is 3.02. The summed E-state index contributed by atoms with van der Waals surface area (Å²) < 4.78 is 26.5. The number of imidazole rings is 1. The minimum Gasteiger partial charge on any atom is -0.357 e. The molecule has 8 heteroatoms. The number of guanidine groups is 1. The monoisotopic (exact) mass is 355 g/mol. The van der Waals surface area contributed by atoms with E-state index in [0.29, 0.717) is 24.1 Å². The number of alkyl halides is 2. The van der Waals surface area contributed by atoms with Gasteiger partial charge in [0.15, 0.2) is 5.96 Å². The molecule has 0 aliphatic rings. The van der Waals surface area contributed by atoms with Crippen molar-refractivity contribution in [2.45, 2.75) is 26.6 Å². The Hall–Kier alpha value is -2.15. The van der Waals surface area contributed by atoms with Crippen molar-refractivity contribution in [1.82, 2.24) is 19.8 Å². The molecular formula is C16H20ClF2N5. The Bertz CT molecular complexity index is 669. The number of benzene rings is 1. The minimum atomic E-state index is -2.62. The molecule has 0 aliphatic carbocycles. The van der Waals surface area contributed by atoms with E-state index in [1.807, 2.05) is 43.1 Å². The molecule has 0 unspecified atom stereocenters. The predicted molar refractivity (Wildman–Crippen MR) is 91.2 cm³/mol. The van der Waals surface area contributed by atoms with Crippen molar-refractivity contribution in [1.29, 1.82) is 0 Å². The maximum Gasteiger partial charge on any atom is 0.319 e. The molecule has 1 N–H and O–H groups in total. The fourth-order valence-electron chi connectivity index (χ4n) is 2.20. The predicted octanol–water partition coefficient (Wildman–Crippen LogP) is 3.53. The first-order valence-corrected chi connectivity index (χ1v) is 7.92. The zero-order chi connectivity index (χ0) is 17.5. The molecule has 130 valence electrons. The van der Waals surface area contributed by atoms with E-state index in [-0.39, 0.29) is 12.4 Å². The van der Waals surface area contributed by atoms with Gasteiger partial charge in [0.1, 0.15) is 12.4 Å². The fraction of sp³-hybridized carbons (Fsp3) is 0.375. The first-order chi connectivity index (χ1) is 11.5. The van der Waals surface area contributed by atoms with Gasteiger partial charge in [0.05, 0.1) is 0 Å². The first kappa shape index (κ1) is 18.2. The van der Waals surface area contributed by atoms with Crippen molar-refractivity contribution >= 4 is 17.6 Å². The van der Waals surface area contributed by atoms with Gasteiger partial charge in [-0.05, 0) is 24.6 Å². The summed E-state index contributed by atoms with van der Waals surface area (Å²) in [5.74, 6) is 0.844. The molecule has 1 aromatic heterocycles. The Kier molecular flexibility index (Phi) is 6.54. The highest BCUT2D eigenvalue weighted by Crippen LogP contribution is 2.14. The molecule has 0 bridgehead atoms. The highest BCUT2D eigenvalue weighted by atomic mass is 35.5. The van der Waals surface area contributed by atoms with E-state index in [9.17, 15) is 8.78 Å². The van der Waals surface area contributed by atoms with Crippen molar-refractivity contribution < 1.29 is 8.78 Å². The largest absolute Gasteiger partial charge is 0.357 e. The normalized spacial score (nSPS) is 11.8. The number of nitrogens with zero attached hydrogens (tertiary/aromatic N) is 4. The van der Waals surface area contributed by atoms with Crippen LogP contribution in [0.4, 0.5) is 8.78 Å². The molecule has 2 aromatic rings. The van der Waals surface area contributed by atoms with Gasteiger partial charge < -0.3 is 10.2 Å². The number of nitrogens with one attached hydrogen (secondary N) is 1. The maximum absolute atomic E-state index is 12.8. The summed E-state index contributed by atoms with van der Waals surface area (Å²) in [6.45, 7) is 0.697. The quantitative estimate of drug-likeness (QED) is 0.637. The zero-order valence-corrected chi connectivity index (χ0v) is 14.3. The molecule has 0 fully saturated rings. The standard InChI is InChI=1S/C16H20ClF2N5/c1-3-20-16(22-10-14-21-8-9-24(14)15(18)19)23(2)11-12-4-6-13(17)7-5-12/h4-9,15H,3,10-11H2,1-2H3,(H,20,22). The second kappa shape index (κ2) is 8.63. The highest BCUT2D eigenvalue weighted by molar-refractivity contribution is 6.30. The third kappa shape index (κ3) is 4.92. The Morgan fingerprint density at radius 2 is 2.08 bits per heavy atom. The number of aromatic nitrogens is 2. The molecule has 2 rings (SSSR count). The summed E-state index contributed by atoms with van der Waals surface area (Å²) in [5.41, 5.74) is 1.07. The smallest absolute Gasteiger partial charge is 0.319 e. The second-order valence-corrected chi connectivity index (χ2v) is 5.62. The summed E-state index contributed by atoms with van der Waals surface area (Å²) >= 11 is 5.89. The lowest BCUT2D eigenvalue weighted by Crippen LogP contribution is -2.38. The van der Waals surface area contributed by atoms with Crippen LogP contribution < -0.4 is 5.32 Å². The number of halogens is 3. The number of aliphatic imine (C=N–C) groups is 1. The topological polar surface area (TPSA) is 45.5 Å². The summed E-state index contributed by atoms with van der Waals surface area (Å²) in [4.78, 5) is 10.3. The molecule has 5 nitrogen and oxygen atoms in total. The summed E-state index contributed by atoms with van der Waals surface area (Å²) in [6, 6.07) is 7.53. The van der Waals surface area contributed by atoms with Gasteiger partial charge >= 0.3 is 6.55 Å². The van der Waals surface area contributed by atoms with E-state index in [1.54, 1.807) is 0 Å². The van der Waals surface area contributed by atoms with Crippen LogP contribution in [-0.2, 0) is 13.1 Å². The minimum absolute atomic E-state index is 0.0740. The van der Waals surface area contributed by atoms with Crippen LogP contribution in [0.3, 0.4) is 0 Å². The molecule has 1 heterocycles. The summed E-state index contributed by atoms with van der Waals surface area (Å²) in [5, 5.41) is 3.83. The van der Waals surface area contributed by atoms with Crippen molar-refractivity contribution in [2.75, 3.05) is 13.6 Å². The molecule has 0 amide bonds. The lowest BCUT2D eigenvalue weighted by atomic mass is 10.2. The van der Waals surface area contributed by atoms with Gasteiger partial charge in [0.25, 0.3) is 0 Å². The van der Waals surface area contributed by atoms with Crippen LogP contribution in [0.2, 0.25) is 5.02 Å². The highest BCUT2D eigenvalue weighted by Gasteiger charge is 2.12. The van der Waals surface area contributed by atoms with Crippen LogP contribution in [0.1, 0.15) is 24.9 Å². The third-order valence-electron chi connectivity index (χ3n) is 3.36. The lowest BCUT2D eigenvalue weighted by Gasteiger charge is -2.22. The summed E-state index contributed by atoms with van der Waals surface area (Å²) in [7, 11) is 1.88. The Morgan fingerprint density at radius 1 is 1.38 bits per heavy atom. The first-order valence-electron chi connectivity index (χ1n) is 7.55. The van der Waals surface area contributed by atoms with E-state index in [0.717, 1.165) is 10.1 Å². The van der Waals surface area contributed by atoms with Crippen LogP contribution in [0, 0.1) is 0 Å². The SMILES string of the molecule is CCNC(=NCc1nccn1C(F)F)N(C)Cc1ccc(Cl)cc1. The molecular weight excluding hydrogens is 336 g/mol. The van der Waals surface area contributed by atoms with Crippen molar-refractivity contribution in [3.8, 4) is 0 Å². The molecule has 0 aliphatic heterocycles. The van der Waals surface area contributed by atoms with Gasteiger partial charge in [-0.25, -0.2) is 9.98 Å². The second-order valence-electron chi connectivity index (χ2n) is 5.18. The van der Waals surface area contributed by atoms with Crippen LogP contribution >= 0.6 is 11.6 Å². The van der Waals surface area contributed by atoms with E-state index >= 15 is 0 Å². The molecule has 1 aromatic carbocycles. The zero-order valence-electron chi connectivity index (χ0n) is 13.6. The van der Waals surface area contributed by atoms with Crippen LogP contribution in [0.25, 0.3) is 0 Å². The number of hydrogen-bond donors (Lipinski definition) is 1. The van der Waals surface area contributed by atoms with Gasteiger partial charge in [-0.2, -0.15) is 8.78 Å². The molecule has 0 spiro atoms. The average molecular weight is 356 g/mol. The van der Waals surface area contributed by atoms with Crippen LogP contribution in [-0.4, -0.2) is 34.0 Å². The Labute approximate surface area is 145 Å². The van der Waals surface area contributed by atoms with Crippen LogP contribution in [0.15, 0.2) is 41.7 Å². The molecule has 0 saturated carbocycles. The van der Waals surface area contributed by atoms with E-state index in [1.165, 1.54) is 12.4 Å². The van der Waals surface area contributed by atoms with Crippen LogP contribution in [0.5, 0.6) is 0 Å². The van der Waals surface area contributed by atoms with Gasteiger partial charge in [0.2, 0.25) is 0 Å². The molecule has 0 atom stereocenters. The van der Waals surface area contributed by atoms with E-state index < -0.39 is 6.55 Å². The molecule has 0 saturated heterocycles. The lowest BCUT2D eigenvalue weighted by molar-refractivity contribution is 0.0671. The van der Waals surface area contributed by atoms with Gasteiger partial charge in [-0.1, -0.05) is 23.7 Å². The van der Waals surface area contributed by atoms with Crippen molar-refractivity contribution in [3.05, 3.63) is 53.1 Å². The van der Waals surface area contributed by atoms with Gasteiger partial charge in [-0.3, -0.25) is 4.57 Å². The fourth-order valence-corrected chi connectivity index (χ4v) is 2.32. The Balaban J connectivity index is 2.09. The van der Waals surface area contributed by atoms with Gasteiger partial charge in [0, 0.05) is 37.6 Å². The third-order valence-corrected chi connectivity index (χ3v) is 3.61. The number of rotatable bonds is 6. The summed E-state index contributed by atoms with van der Waals surface area (Å²) in [6.07, 6.45) is 2.60. The van der Waals surface area contributed by atoms with E-state index in [4.69, 9.17) is 11.6 Å². The van der Waals surface area contributed by atoms with E-state index in [2.05, 4.69) is 15.3 Å².